The number of hydrogen-bond acceptors (Lipinski definition) is 5. The summed E-state index contributed by atoms with van der Waals surface area (Å²) in [7, 11) is -3.33. The minimum atomic E-state index is -3.33. The van der Waals surface area contributed by atoms with E-state index in [1.165, 1.54) is 0 Å². The number of morpholine rings is 1. The average molecular weight is 298 g/mol. The Morgan fingerprint density at radius 2 is 2.00 bits per heavy atom. The van der Waals surface area contributed by atoms with Crippen molar-refractivity contribution in [3.8, 4) is 0 Å². The topological polar surface area (TPSA) is 72.6 Å². The lowest BCUT2D eigenvalue weighted by molar-refractivity contribution is -0.0272. The van der Waals surface area contributed by atoms with Crippen molar-refractivity contribution in [2.45, 2.75) is 30.9 Å². The molecule has 2 N–H and O–H groups in total. The fraction of sp³-hybridized carbons (Fsp3) is 0.571. The second-order valence-corrected chi connectivity index (χ2v) is 7.47. The monoisotopic (exact) mass is 298 g/mol. The van der Waals surface area contributed by atoms with Gasteiger partial charge in [0.25, 0.3) is 0 Å². The molecule has 0 aliphatic carbocycles. The number of hydrogen-bond donors (Lipinski definition) is 1. The minimum absolute atomic E-state index is 0.0140. The Balaban J connectivity index is 2.06. The fourth-order valence-electron chi connectivity index (χ4n) is 2.33. The van der Waals surface area contributed by atoms with E-state index in [1.54, 1.807) is 24.3 Å². The Kier molecular flexibility index (Phi) is 4.67. The van der Waals surface area contributed by atoms with Crippen LogP contribution in [0.1, 0.15) is 13.8 Å². The van der Waals surface area contributed by atoms with Gasteiger partial charge in [0.2, 0.25) is 0 Å². The van der Waals surface area contributed by atoms with Crippen LogP contribution in [0.25, 0.3) is 0 Å². The third kappa shape index (κ3) is 3.71. The van der Waals surface area contributed by atoms with E-state index in [4.69, 9.17) is 10.5 Å². The summed E-state index contributed by atoms with van der Waals surface area (Å²) in [6.07, 6.45) is -0.270. The van der Waals surface area contributed by atoms with Gasteiger partial charge in [0.15, 0.2) is 9.84 Å². The van der Waals surface area contributed by atoms with Gasteiger partial charge in [-0.2, -0.15) is 0 Å². The molecule has 1 fully saturated rings. The summed E-state index contributed by atoms with van der Waals surface area (Å²) in [5, 5.41) is 0. The Labute approximate surface area is 120 Å². The van der Waals surface area contributed by atoms with Crippen molar-refractivity contribution in [3.05, 3.63) is 24.3 Å². The summed E-state index contributed by atoms with van der Waals surface area (Å²) in [4.78, 5) is 2.55. The number of benzene rings is 1. The fourth-order valence-corrected chi connectivity index (χ4v) is 3.76. The maximum absolute atomic E-state index is 12.3. The quantitative estimate of drug-likeness (QED) is 0.844. The van der Waals surface area contributed by atoms with Crippen molar-refractivity contribution in [1.29, 1.82) is 0 Å². The molecule has 0 saturated carbocycles. The van der Waals surface area contributed by atoms with E-state index in [1.807, 2.05) is 0 Å². The van der Waals surface area contributed by atoms with E-state index in [9.17, 15) is 8.42 Å². The van der Waals surface area contributed by atoms with Crippen LogP contribution in [0, 0.1) is 0 Å². The predicted molar refractivity (Wildman–Crippen MR) is 79.4 cm³/mol. The van der Waals surface area contributed by atoms with Gasteiger partial charge in [-0.05, 0) is 38.1 Å². The van der Waals surface area contributed by atoms with Crippen LogP contribution in [0.3, 0.4) is 0 Å². The first-order chi connectivity index (χ1) is 9.38. The number of rotatable bonds is 4. The predicted octanol–water partition coefficient (Wildman–Crippen LogP) is 1.15. The molecule has 5 nitrogen and oxygen atoms in total. The third-order valence-electron chi connectivity index (χ3n) is 3.55. The second kappa shape index (κ2) is 6.11. The SMILES string of the molecule is CC(C)N1CCOC(CS(=O)(=O)c2ccc(N)cc2)C1. The molecule has 1 heterocycles. The minimum Gasteiger partial charge on any atom is -0.399 e. The van der Waals surface area contributed by atoms with Crippen molar-refractivity contribution >= 4 is 15.5 Å². The maximum Gasteiger partial charge on any atom is 0.180 e. The second-order valence-electron chi connectivity index (χ2n) is 5.43. The van der Waals surface area contributed by atoms with E-state index in [2.05, 4.69) is 18.7 Å². The average Bonchev–Trinajstić information content (AvgIpc) is 2.39. The highest BCUT2D eigenvalue weighted by atomic mass is 32.2. The Bertz CT molecular complexity index is 540. The van der Waals surface area contributed by atoms with Crippen LogP contribution in [0.2, 0.25) is 0 Å². The standard InChI is InChI=1S/C14H22N2O3S/c1-11(2)16-7-8-19-13(9-16)10-20(17,18)14-5-3-12(15)4-6-14/h3-6,11,13H,7-10,15H2,1-2H3. The van der Waals surface area contributed by atoms with Crippen LogP contribution in [0.15, 0.2) is 29.2 Å². The van der Waals surface area contributed by atoms with Gasteiger partial charge in [-0.3, -0.25) is 4.90 Å². The van der Waals surface area contributed by atoms with Gasteiger partial charge in [0.1, 0.15) is 0 Å². The number of ether oxygens (including phenoxy) is 1. The molecule has 6 heteroatoms. The molecule has 1 saturated heterocycles. The molecule has 0 radical (unpaired) electrons. The van der Waals surface area contributed by atoms with Crippen molar-refractivity contribution in [1.82, 2.24) is 4.90 Å². The van der Waals surface area contributed by atoms with Crippen LogP contribution < -0.4 is 5.73 Å². The molecular formula is C14H22N2O3S. The highest BCUT2D eigenvalue weighted by molar-refractivity contribution is 7.91. The normalized spacial score (nSPS) is 21.2. The van der Waals surface area contributed by atoms with E-state index >= 15 is 0 Å². The Hall–Kier alpha value is -1.11. The highest BCUT2D eigenvalue weighted by Gasteiger charge is 2.27. The first kappa shape index (κ1) is 15.3. The molecule has 1 unspecified atom stereocenters. The van der Waals surface area contributed by atoms with Crippen LogP contribution in [-0.4, -0.2) is 50.9 Å². The van der Waals surface area contributed by atoms with Gasteiger partial charge < -0.3 is 10.5 Å². The molecule has 0 spiro atoms. The summed E-state index contributed by atoms with van der Waals surface area (Å²) < 4.78 is 30.3. The number of nitrogens with two attached hydrogens (primary N) is 1. The summed E-state index contributed by atoms with van der Waals surface area (Å²) in [6, 6.07) is 6.71. The van der Waals surface area contributed by atoms with Crippen molar-refractivity contribution < 1.29 is 13.2 Å². The number of nitrogens with zero attached hydrogens (tertiary/aromatic N) is 1. The van der Waals surface area contributed by atoms with E-state index in [0.717, 1.165) is 6.54 Å². The number of nitrogen functional groups attached to an aromatic ring is 1. The van der Waals surface area contributed by atoms with Gasteiger partial charge >= 0.3 is 0 Å². The molecule has 1 atom stereocenters. The number of anilines is 1. The smallest absolute Gasteiger partial charge is 0.180 e. The van der Waals surface area contributed by atoms with Crippen LogP contribution in [0.5, 0.6) is 0 Å². The molecular weight excluding hydrogens is 276 g/mol. The largest absolute Gasteiger partial charge is 0.399 e. The maximum atomic E-state index is 12.3. The summed E-state index contributed by atoms with van der Waals surface area (Å²) in [5.74, 6) is 0.0140. The van der Waals surface area contributed by atoms with Gasteiger partial charge in [-0.15, -0.1) is 0 Å². The lowest BCUT2D eigenvalue weighted by atomic mass is 10.2. The molecule has 1 aliphatic rings. The number of sulfone groups is 1. The van der Waals surface area contributed by atoms with E-state index in [-0.39, 0.29) is 11.9 Å². The summed E-state index contributed by atoms with van der Waals surface area (Å²) in [5.41, 5.74) is 6.14. The summed E-state index contributed by atoms with van der Waals surface area (Å²) in [6.45, 7) is 6.32. The van der Waals surface area contributed by atoms with E-state index in [0.29, 0.717) is 29.8 Å². The first-order valence-corrected chi connectivity index (χ1v) is 8.47. The van der Waals surface area contributed by atoms with Crippen molar-refractivity contribution in [2.75, 3.05) is 31.2 Å². The Morgan fingerprint density at radius 3 is 2.60 bits per heavy atom. The van der Waals surface area contributed by atoms with Crippen molar-refractivity contribution in [3.63, 3.8) is 0 Å². The molecule has 112 valence electrons. The zero-order chi connectivity index (χ0) is 14.8. The van der Waals surface area contributed by atoms with Gasteiger partial charge in [-0.1, -0.05) is 0 Å². The summed E-state index contributed by atoms with van der Waals surface area (Å²) >= 11 is 0. The van der Waals surface area contributed by atoms with Crippen LogP contribution in [0.4, 0.5) is 5.69 Å². The zero-order valence-corrected chi connectivity index (χ0v) is 12.8. The van der Waals surface area contributed by atoms with Gasteiger partial charge in [-0.25, -0.2) is 8.42 Å². The first-order valence-electron chi connectivity index (χ1n) is 6.82. The van der Waals surface area contributed by atoms with Crippen LogP contribution in [-0.2, 0) is 14.6 Å². The van der Waals surface area contributed by atoms with Gasteiger partial charge in [0.05, 0.1) is 23.4 Å². The zero-order valence-electron chi connectivity index (χ0n) is 12.0. The molecule has 1 aromatic rings. The molecule has 0 aromatic heterocycles. The Morgan fingerprint density at radius 1 is 1.35 bits per heavy atom. The molecule has 2 rings (SSSR count). The molecule has 1 aliphatic heterocycles. The lowest BCUT2D eigenvalue weighted by Gasteiger charge is -2.35. The molecule has 1 aromatic carbocycles. The van der Waals surface area contributed by atoms with Crippen LogP contribution >= 0.6 is 0 Å². The highest BCUT2D eigenvalue weighted by Crippen LogP contribution is 2.17. The lowest BCUT2D eigenvalue weighted by Crippen LogP contribution is -2.48. The van der Waals surface area contributed by atoms with Crippen molar-refractivity contribution in [2.24, 2.45) is 0 Å². The van der Waals surface area contributed by atoms with E-state index < -0.39 is 9.84 Å². The third-order valence-corrected chi connectivity index (χ3v) is 5.35. The molecule has 0 amide bonds. The van der Waals surface area contributed by atoms with Gasteiger partial charge in [0, 0.05) is 24.8 Å². The molecule has 20 heavy (non-hydrogen) atoms. The molecule has 0 bridgehead atoms.